The molecule has 0 aliphatic heterocycles. The third-order valence-corrected chi connectivity index (χ3v) is 3.30. The van der Waals surface area contributed by atoms with Crippen molar-refractivity contribution in [1.29, 1.82) is 5.26 Å². The molecule has 5 nitrogen and oxygen atoms in total. The van der Waals surface area contributed by atoms with E-state index >= 15 is 0 Å². The van der Waals surface area contributed by atoms with E-state index in [0.29, 0.717) is 27.8 Å². The molecule has 0 bridgehead atoms. The molecule has 0 spiro atoms. The van der Waals surface area contributed by atoms with Crippen LogP contribution in [0.25, 0.3) is 6.08 Å². The number of ether oxygens (including phenoxy) is 1. The van der Waals surface area contributed by atoms with Crippen molar-refractivity contribution in [1.82, 2.24) is 0 Å². The van der Waals surface area contributed by atoms with E-state index in [2.05, 4.69) is 5.32 Å². The van der Waals surface area contributed by atoms with Crippen molar-refractivity contribution < 1.29 is 13.9 Å². The molecule has 0 fully saturated rings. The van der Waals surface area contributed by atoms with Crippen LogP contribution in [0.4, 0.5) is 5.69 Å². The summed E-state index contributed by atoms with van der Waals surface area (Å²) in [5, 5.41) is 12.3. The van der Waals surface area contributed by atoms with Gasteiger partial charge in [-0.1, -0.05) is 11.6 Å². The highest BCUT2D eigenvalue weighted by molar-refractivity contribution is 6.31. The molecule has 1 amide bonds. The molecule has 2 aromatic rings. The number of furan rings is 1. The highest BCUT2D eigenvalue weighted by Gasteiger charge is 2.13. The number of methoxy groups -OCH3 is 1. The first-order chi connectivity index (χ1) is 11.5. The Kier molecular flexibility index (Phi) is 5.83. The molecule has 1 heterocycles. The van der Waals surface area contributed by atoms with Crippen LogP contribution in [0.3, 0.4) is 0 Å². The predicted molar refractivity (Wildman–Crippen MR) is 92.7 cm³/mol. The van der Waals surface area contributed by atoms with Crippen LogP contribution in [0.15, 0.2) is 58.2 Å². The Balaban J connectivity index is 2.22. The molecule has 2 rings (SSSR count). The average molecular weight is 343 g/mol. The molecule has 0 saturated carbocycles. The lowest BCUT2D eigenvalue weighted by atomic mass is 10.1. The highest BCUT2D eigenvalue weighted by atomic mass is 35.5. The molecule has 6 heteroatoms. The van der Waals surface area contributed by atoms with Crippen molar-refractivity contribution in [3.8, 4) is 11.8 Å². The number of halogens is 1. The van der Waals surface area contributed by atoms with Crippen molar-refractivity contribution in [2.24, 2.45) is 0 Å². The Bertz CT molecular complexity index is 830. The Hall–Kier alpha value is -2.97. The molecule has 122 valence electrons. The van der Waals surface area contributed by atoms with Gasteiger partial charge in [0.2, 0.25) is 0 Å². The zero-order valence-electron chi connectivity index (χ0n) is 13.2. The van der Waals surface area contributed by atoms with E-state index in [-0.39, 0.29) is 5.57 Å². The minimum absolute atomic E-state index is 0.0441. The van der Waals surface area contributed by atoms with Gasteiger partial charge in [-0.3, -0.25) is 4.79 Å². The number of nitrogens with one attached hydrogen (secondary N) is 1. The van der Waals surface area contributed by atoms with Crippen molar-refractivity contribution in [2.45, 2.75) is 6.92 Å². The van der Waals surface area contributed by atoms with Gasteiger partial charge in [-0.05, 0) is 55.0 Å². The zero-order valence-corrected chi connectivity index (χ0v) is 13.9. The summed E-state index contributed by atoms with van der Waals surface area (Å²) in [4.78, 5) is 12.3. The number of amides is 1. The average Bonchev–Trinajstić information content (AvgIpc) is 3.05. The Morgan fingerprint density at radius 2 is 2.21 bits per heavy atom. The summed E-state index contributed by atoms with van der Waals surface area (Å²) in [5.74, 6) is 0.538. The summed E-state index contributed by atoms with van der Waals surface area (Å²) < 4.78 is 10.4. The lowest BCUT2D eigenvalue weighted by Gasteiger charge is -2.10. The van der Waals surface area contributed by atoms with Crippen LogP contribution in [-0.2, 0) is 4.79 Å². The lowest BCUT2D eigenvalue weighted by molar-refractivity contribution is -0.112. The fourth-order valence-electron chi connectivity index (χ4n) is 1.98. The second-order valence-corrected chi connectivity index (χ2v) is 5.31. The Morgan fingerprint density at radius 3 is 2.83 bits per heavy atom. The van der Waals surface area contributed by atoms with E-state index in [0.717, 1.165) is 0 Å². The van der Waals surface area contributed by atoms with Crippen LogP contribution in [0.2, 0.25) is 5.02 Å². The molecule has 0 unspecified atom stereocenters. The van der Waals surface area contributed by atoms with Crippen LogP contribution in [0, 0.1) is 11.3 Å². The van der Waals surface area contributed by atoms with Crippen LogP contribution < -0.4 is 10.1 Å². The maximum atomic E-state index is 12.3. The molecule has 0 radical (unpaired) electrons. The summed E-state index contributed by atoms with van der Waals surface area (Å²) in [6.45, 7) is 1.77. The molecular formula is C18H15ClN2O3. The number of benzene rings is 1. The van der Waals surface area contributed by atoms with E-state index in [9.17, 15) is 10.1 Å². The number of anilines is 1. The topological polar surface area (TPSA) is 75.3 Å². The van der Waals surface area contributed by atoms with Crippen LogP contribution in [0.1, 0.15) is 12.7 Å². The fourth-order valence-corrected chi connectivity index (χ4v) is 2.16. The maximum absolute atomic E-state index is 12.3. The second kappa shape index (κ2) is 8.04. The van der Waals surface area contributed by atoms with Crippen LogP contribution in [-0.4, -0.2) is 13.0 Å². The molecule has 0 aliphatic carbocycles. The third-order valence-electron chi connectivity index (χ3n) is 3.06. The Labute approximate surface area is 144 Å². The summed E-state index contributed by atoms with van der Waals surface area (Å²) in [5.41, 5.74) is 1.05. The highest BCUT2D eigenvalue weighted by Crippen LogP contribution is 2.28. The molecule has 0 aliphatic rings. The van der Waals surface area contributed by atoms with E-state index in [1.165, 1.54) is 13.2 Å². The number of nitrogens with zero attached hydrogens (tertiary/aromatic N) is 1. The van der Waals surface area contributed by atoms with Crippen molar-refractivity contribution in [2.75, 3.05) is 12.4 Å². The number of hydrogen-bond acceptors (Lipinski definition) is 4. The quantitative estimate of drug-likeness (QED) is 0.495. The minimum atomic E-state index is -0.551. The molecule has 0 saturated heterocycles. The lowest BCUT2D eigenvalue weighted by Crippen LogP contribution is -2.14. The number of allylic oxidation sites excluding steroid dienone is 2. The van der Waals surface area contributed by atoms with Gasteiger partial charge in [0.25, 0.3) is 5.91 Å². The van der Waals surface area contributed by atoms with E-state index in [4.69, 9.17) is 20.8 Å². The number of carbonyl (C=O) groups is 1. The minimum Gasteiger partial charge on any atom is -0.495 e. The summed E-state index contributed by atoms with van der Waals surface area (Å²) in [7, 11) is 1.48. The maximum Gasteiger partial charge on any atom is 0.266 e. The van der Waals surface area contributed by atoms with Gasteiger partial charge >= 0.3 is 0 Å². The first-order valence-electron chi connectivity index (χ1n) is 7.02. The summed E-state index contributed by atoms with van der Waals surface area (Å²) in [6, 6.07) is 10.3. The normalized spacial score (nSPS) is 11.8. The number of carbonyl (C=O) groups excluding carboxylic acids is 1. The van der Waals surface area contributed by atoms with Gasteiger partial charge in [-0.25, -0.2) is 0 Å². The van der Waals surface area contributed by atoms with Gasteiger partial charge in [0.05, 0.1) is 19.1 Å². The van der Waals surface area contributed by atoms with Crippen LogP contribution >= 0.6 is 11.6 Å². The predicted octanol–water partition coefficient (Wildman–Crippen LogP) is 4.43. The van der Waals surface area contributed by atoms with Gasteiger partial charge in [-0.15, -0.1) is 0 Å². The number of rotatable bonds is 5. The third kappa shape index (κ3) is 4.51. The smallest absolute Gasteiger partial charge is 0.266 e. The molecular weight excluding hydrogens is 328 g/mol. The van der Waals surface area contributed by atoms with E-state index < -0.39 is 5.91 Å². The van der Waals surface area contributed by atoms with Gasteiger partial charge < -0.3 is 14.5 Å². The number of hydrogen-bond donors (Lipinski definition) is 1. The Morgan fingerprint density at radius 1 is 1.42 bits per heavy atom. The molecule has 0 atom stereocenters. The van der Waals surface area contributed by atoms with Crippen LogP contribution in [0.5, 0.6) is 5.75 Å². The summed E-state index contributed by atoms with van der Waals surface area (Å²) >= 11 is 5.93. The standard InChI is InChI=1S/C18H15ClN2O3/c1-12(9-15-4-3-7-24-15)8-13(11-20)18(22)21-16-10-14(19)5-6-17(16)23-2/h3-10H,1-2H3,(H,21,22). The first kappa shape index (κ1) is 17.4. The fraction of sp³-hybridized carbons (Fsp3) is 0.111. The summed E-state index contributed by atoms with van der Waals surface area (Å²) in [6.07, 6.45) is 4.76. The van der Waals surface area contributed by atoms with Gasteiger partial charge in [0.1, 0.15) is 23.2 Å². The molecule has 24 heavy (non-hydrogen) atoms. The molecule has 1 N–H and O–H groups in total. The van der Waals surface area contributed by atoms with Crippen molar-refractivity contribution in [3.05, 3.63) is 64.6 Å². The molecule has 1 aromatic heterocycles. The van der Waals surface area contributed by atoms with Crippen molar-refractivity contribution in [3.63, 3.8) is 0 Å². The monoisotopic (exact) mass is 342 g/mol. The van der Waals surface area contributed by atoms with Gasteiger partial charge in [-0.2, -0.15) is 5.26 Å². The van der Waals surface area contributed by atoms with Gasteiger partial charge in [0.15, 0.2) is 0 Å². The SMILES string of the molecule is COc1ccc(Cl)cc1NC(=O)C(C#N)=CC(C)=Cc1ccco1. The first-order valence-corrected chi connectivity index (χ1v) is 7.39. The molecule has 1 aromatic carbocycles. The second-order valence-electron chi connectivity index (χ2n) is 4.87. The van der Waals surface area contributed by atoms with Gasteiger partial charge in [0, 0.05) is 5.02 Å². The van der Waals surface area contributed by atoms with E-state index in [1.807, 2.05) is 6.07 Å². The largest absolute Gasteiger partial charge is 0.495 e. The number of nitriles is 1. The zero-order chi connectivity index (χ0) is 17.5. The van der Waals surface area contributed by atoms with E-state index in [1.54, 1.807) is 49.6 Å². The van der Waals surface area contributed by atoms with Crippen molar-refractivity contribution >= 4 is 29.3 Å².